The molecule has 1 N–H and O–H groups in total. The molecule has 0 aromatic heterocycles. The van der Waals surface area contributed by atoms with Crippen LogP contribution in [-0.4, -0.2) is 46.4 Å². The van der Waals surface area contributed by atoms with E-state index in [0.29, 0.717) is 19.3 Å². The minimum Gasteiger partial charge on any atom is -0.390 e. The Morgan fingerprint density at radius 3 is 2.72 bits per heavy atom. The maximum atomic E-state index is 17.0. The van der Waals surface area contributed by atoms with Crippen LogP contribution < -0.4 is 0 Å². The topological polar surface area (TPSA) is 72.8 Å². The Labute approximate surface area is 170 Å². The number of rotatable bonds is 1. The molecule has 0 bridgehead atoms. The summed E-state index contributed by atoms with van der Waals surface area (Å²) in [6.07, 6.45) is 4.22. The van der Waals surface area contributed by atoms with E-state index in [0.717, 1.165) is 5.57 Å². The number of ether oxygens (including phenoxy) is 2. The molecule has 3 saturated carbocycles. The second-order valence-corrected chi connectivity index (χ2v) is 10.1. The van der Waals surface area contributed by atoms with Crippen LogP contribution >= 0.6 is 0 Å². The van der Waals surface area contributed by atoms with Crippen LogP contribution in [-0.2, 0) is 19.1 Å². The van der Waals surface area contributed by atoms with Crippen LogP contribution in [0.15, 0.2) is 23.8 Å². The third-order valence-electron chi connectivity index (χ3n) is 9.03. The molecule has 5 rings (SSSR count). The Morgan fingerprint density at radius 2 is 2.03 bits per heavy atom. The van der Waals surface area contributed by atoms with Crippen molar-refractivity contribution in [3.63, 3.8) is 0 Å². The molecule has 0 aromatic carbocycles. The number of fused-ring (bicyclic) bond motifs is 7. The lowest BCUT2D eigenvalue weighted by molar-refractivity contribution is -0.227. The van der Waals surface area contributed by atoms with Gasteiger partial charge in [0.2, 0.25) is 0 Å². The molecule has 1 heterocycles. The second-order valence-electron chi connectivity index (χ2n) is 10.1. The van der Waals surface area contributed by atoms with Crippen LogP contribution in [0, 0.1) is 22.7 Å². The van der Waals surface area contributed by atoms with Gasteiger partial charge in [-0.1, -0.05) is 18.6 Å². The summed E-state index contributed by atoms with van der Waals surface area (Å²) in [6, 6.07) is 0. The Hall–Kier alpha value is -1.37. The number of carbonyl (C=O) groups is 2. The minimum atomic E-state index is -1.90. The standard InChI is InChI=1S/C23H29FO5/c1-12(25)23-19(28-13(2)29-23)10-17-16-6-5-14-9-15(26)7-8-20(14,3)22(16,24)18(27)11-21(17,23)4/h7-9,13,16-19,27H,5-6,10-11H2,1-4H3/t13?,16-,17-,18-,19+,20-,21-,22-,23+/m0/s1. The number of halogens is 1. The van der Waals surface area contributed by atoms with Crippen LogP contribution in [0.3, 0.4) is 0 Å². The third kappa shape index (κ3) is 2.01. The molecular weight excluding hydrogens is 375 g/mol. The van der Waals surface area contributed by atoms with Gasteiger partial charge in [0.05, 0.1) is 12.2 Å². The highest BCUT2D eigenvalue weighted by Crippen LogP contribution is 2.71. The smallest absolute Gasteiger partial charge is 0.178 e. The van der Waals surface area contributed by atoms with Crippen LogP contribution in [0.4, 0.5) is 4.39 Å². The lowest BCUT2D eigenvalue weighted by Gasteiger charge is -2.62. The fraction of sp³-hybridized carbons (Fsp3) is 0.739. The Bertz CT molecular complexity index is 865. The number of aliphatic hydroxyl groups excluding tert-OH is 1. The quantitative estimate of drug-likeness (QED) is 0.727. The minimum absolute atomic E-state index is 0.110. The van der Waals surface area contributed by atoms with Crippen LogP contribution in [0.5, 0.6) is 0 Å². The van der Waals surface area contributed by atoms with E-state index in [1.807, 2.05) is 6.92 Å². The Morgan fingerprint density at radius 1 is 1.31 bits per heavy atom. The zero-order chi connectivity index (χ0) is 21.0. The molecule has 0 spiro atoms. The van der Waals surface area contributed by atoms with Gasteiger partial charge in [-0.2, -0.15) is 0 Å². The zero-order valence-electron chi connectivity index (χ0n) is 17.4. The van der Waals surface area contributed by atoms with Crippen molar-refractivity contribution in [2.75, 3.05) is 0 Å². The summed E-state index contributed by atoms with van der Waals surface area (Å²) in [5.74, 6) is -0.833. The van der Waals surface area contributed by atoms with Crippen LogP contribution in [0.25, 0.3) is 0 Å². The molecular formula is C23H29FO5. The average molecular weight is 404 g/mol. The maximum Gasteiger partial charge on any atom is 0.178 e. The SMILES string of the molecule is CC(=O)[C@@]12OC(C)O[C@@H]1C[C@H]1[C@@H]3CCC4=CC(=O)C=C[C@]4(C)[C@@]3(F)[C@@H](O)C[C@@]12C. The summed E-state index contributed by atoms with van der Waals surface area (Å²) < 4.78 is 29.1. The van der Waals surface area contributed by atoms with E-state index >= 15 is 4.39 Å². The average Bonchev–Trinajstić information content (AvgIpc) is 3.09. The van der Waals surface area contributed by atoms with E-state index in [-0.39, 0.29) is 23.9 Å². The number of allylic oxidation sites excluding steroid dienone is 4. The fourth-order valence-electron chi connectivity index (χ4n) is 7.78. The first-order valence-corrected chi connectivity index (χ1v) is 10.7. The summed E-state index contributed by atoms with van der Waals surface area (Å²) in [4.78, 5) is 24.8. The molecule has 29 heavy (non-hydrogen) atoms. The number of hydrogen-bond acceptors (Lipinski definition) is 5. The van der Waals surface area contributed by atoms with Gasteiger partial charge in [-0.3, -0.25) is 9.59 Å². The number of ketones is 2. The van der Waals surface area contributed by atoms with E-state index in [2.05, 4.69) is 0 Å². The van der Waals surface area contributed by atoms with E-state index in [1.165, 1.54) is 19.1 Å². The molecule has 4 fully saturated rings. The largest absolute Gasteiger partial charge is 0.390 e. The predicted molar refractivity (Wildman–Crippen MR) is 103 cm³/mol. The van der Waals surface area contributed by atoms with Gasteiger partial charge < -0.3 is 14.6 Å². The number of alkyl halides is 1. The molecule has 0 amide bonds. The molecule has 1 saturated heterocycles. The fourth-order valence-corrected chi connectivity index (χ4v) is 7.78. The van der Waals surface area contributed by atoms with E-state index in [9.17, 15) is 14.7 Å². The van der Waals surface area contributed by atoms with Gasteiger partial charge in [-0.05, 0) is 64.5 Å². The molecule has 1 unspecified atom stereocenters. The first-order valence-electron chi connectivity index (χ1n) is 10.7. The molecule has 0 radical (unpaired) electrons. The molecule has 6 heteroatoms. The van der Waals surface area contributed by atoms with Crippen molar-refractivity contribution in [2.24, 2.45) is 22.7 Å². The van der Waals surface area contributed by atoms with Gasteiger partial charge in [-0.25, -0.2) is 4.39 Å². The Kier molecular flexibility index (Phi) is 3.82. The molecule has 158 valence electrons. The predicted octanol–water partition coefficient (Wildman–Crippen LogP) is 3.06. The molecule has 1 aliphatic heterocycles. The number of carbonyl (C=O) groups excluding carboxylic acids is 2. The van der Waals surface area contributed by atoms with Gasteiger partial charge >= 0.3 is 0 Å². The summed E-state index contributed by atoms with van der Waals surface area (Å²) in [5, 5.41) is 11.3. The monoisotopic (exact) mass is 404 g/mol. The van der Waals surface area contributed by atoms with Crippen molar-refractivity contribution in [3.05, 3.63) is 23.8 Å². The number of aliphatic hydroxyl groups is 1. The highest BCUT2D eigenvalue weighted by atomic mass is 19.1. The van der Waals surface area contributed by atoms with Crippen molar-refractivity contribution >= 4 is 11.6 Å². The number of hydrogen-bond donors (Lipinski definition) is 1. The molecule has 0 aromatic rings. The van der Waals surface area contributed by atoms with Gasteiger partial charge in [0.1, 0.15) is 0 Å². The number of Topliss-reactive ketones (excluding diaryl/α,β-unsaturated/α-hetero) is 1. The van der Waals surface area contributed by atoms with Crippen LogP contribution in [0.2, 0.25) is 0 Å². The lowest BCUT2D eigenvalue weighted by Crippen LogP contribution is -2.69. The summed E-state index contributed by atoms with van der Waals surface area (Å²) >= 11 is 0. The molecule has 5 aliphatic rings. The van der Waals surface area contributed by atoms with Gasteiger partial charge in [0.25, 0.3) is 0 Å². The van der Waals surface area contributed by atoms with E-state index in [4.69, 9.17) is 9.47 Å². The second kappa shape index (κ2) is 5.65. The summed E-state index contributed by atoms with van der Waals surface area (Å²) in [5.41, 5.74) is -4.03. The maximum absolute atomic E-state index is 17.0. The molecule has 4 aliphatic carbocycles. The van der Waals surface area contributed by atoms with E-state index in [1.54, 1.807) is 19.9 Å². The normalized spacial score (nSPS) is 55.6. The lowest BCUT2D eigenvalue weighted by atomic mass is 9.44. The zero-order valence-corrected chi connectivity index (χ0v) is 17.4. The van der Waals surface area contributed by atoms with Crippen molar-refractivity contribution in [1.29, 1.82) is 0 Å². The first kappa shape index (κ1) is 19.6. The highest BCUT2D eigenvalue weighted by Gasteiger charge is 2.78. The van der Waals surface area contributed by atoms with Crippen LogP contribution in [0.1, 0.15) is 53.4 Å². The Balaban J connectivity index is 1.64. The van der Waals surface area contributed by atoms with Crippen molar-refractivity contribution < 1.29 is 28.6 Å². The molecule has 9 atom stereocenters. The van der Waals surface area contributed by atoms with Crippen molar-refractivity contribution in [2.45, 2.75) is 83.1 Å². The van der Waals surface area contributed by atoms with Crippen molar-refractivity contribution in [1.82, 2.24) is 0 Å². The van der Waals surface area contributed by atoms with Crippen molar-refractivity contribution in [3.8, 4) is 0 Å². The summed E-state index contributed by atoms with van der Waals surface area (Å²) in [7, 11) is 0. The van der Waals surface area contributed by atoms with Gasteiger partial charge in [0.15, 0.2) is 29.1 Å². The summed E-state index contributed by atoms with van der Waals surface area (Å²) in [6.45, 7) is 7.06. The molecule has 5 nitrogen and oxygen atoms in total. The van der Waals surface area contributed by atoms with Gasteiger partial charge in [-0.15, -0.1) is 0 Å². The third-order valence-corrected chi connectivity index (χ3v) is 9.03. The first-order chi connectivity index (χ1) is 13.5. The highest BCUT2D eigenvalue weighted by molar-refractivity contribution is 6.01. The van der Waals surface area contributed by atoms with E-state index < -0.39 is 46.5 Å². The van der Waals surface area contributed by atoms with Gasteiger partial charge in [0, 0.05) is 16.7 Å².